The summed E-state index contributed by atoms with van der Waals surface area (Å²) in [5.41, 5.74) is 0.532. The lowest BCUT2D eigenvalue weighted by molar-refractivity contribution is -0.136. The molecule has 12 nitrogen and oxygen atoms in total. The Morgan fingerprint density at radius 2 is 1.41 bits per heavy atom. The minimum absolute atomic E-state index is 0.0217. The van der Waals surface area contributed by atoms with E-state index in [4.69, 9.17) is 9.47 Å². The maximum atomic E-state index is 11.7. The minimum Gasteiger partial charge on any atom is -0.359 e. The molecule has 1 fully saturated rings. The summed E-state index contributed by atoms with van der Waals surface area (Å²) < 4.78 is 10.4. The van der Waals surface area contributed by atoms with E-state index in [2.05, 4.69) is 17.2 Å². The Hall–Kier alpha value is -3.09. The minimum atomic E-state index is -0.265. The number of amides is 4. The Morgan fingerprint density at radius 1 is 0.892 bits per heavy atom. The summed E-state index contributed by atoms with van der Waals surface area (Å²) in [7, 11) is 0. The van der Waals surface area contributed by atoms with Gasteiger partial charge in [0.2, 0.25) is 17.7 Å². The Labute approximate surface area is 219 Å². The van der Waals surface area contributed by atoms with Gasteiger partial charge in [0.15, 0.2) is 0 Å². The van der Waals surface area contributed by atoms with Crippen molar-refractivity contribution >= 4 is 29.4 Å². The number of allylic oxidation sites excluding steroid dienone is 1. The first-order chi connectivity index (χ1) is 17.4. The molecule has 208 valence electrons. The van der Waals surface area contributed by atoms with E-state index in [9.17, 15) is 24.0 Å². The number of ether oxygens (including phenoxy) is 2. The molecule has 0 aromatic carbocycles. The van der Waals surface area contributed by atoms with Crippen molar-refractivity contribution in [3.05, 3.63) is 24.4 Å². The lowest BCUT2D eigenvalue weighted by Crippen LogP contribution is -2.51. The lowest BCUT2D eigenvalue weighted by atomic mass is 10.2. The predicted molar refractivity (Wildman–Crippen MR) is 137 cm³/mol. The maximum Gasteiger partial charge on any atom is 0.251 e. The fourth-order valence-electron chi connectivity index (χ4n) is 3.18. The van der Waals surface area contributed by atoms with E-state index in [1.807, 2.05) is 32.6 Å². The van der Waals surface area contributed by atoms with Crippen LogP contribution in [0.3, 0.4) is 0 Å². The zero-order chi connectivity index (χ0) is 28.0. The molecule has 2 N–H and O–H groups in total. The summed E-state index contributed by atoms with van der Waals surface area (Å²) >= 11 is 0. The summed E-state index contributed by atoms with van der Waals surface area (Å²) in [5, 5.41) is 5.25. The quantitative estimate of drug-likeness (QED) is 0.270. The first-order valence-corrected chi connectivity index (χ1v) is 12.3. The van der Waals surface area contributed by atoms with Crippen molar-refractivity contribution in [1.82, 2.24) is 25.3 Å². The molecule has 2 rings (SSSR count). The van der Waals surface area contributed by atoms with Crippen LogP contribution in [-0.2, 0) is 33.4 Å². The number of carbonyl (C=O) groups is 5. The number of carbonyl (C=O) groups excluding carboxylic acids is 5. The van der Waals surface area contributed by atoms with Crippen LogP contribution in [-0.4, -0.2) is 109 Å². The van der Waals surface area contributed by atoms with Crippen molar-refractivity contribution in [2.45, 2.75) is 53.2 Å². The number of ketones is 1. The Kier molecular flexibility index (Phi) is 14.3. The number of Topliss-reactive ketones (excluding diaryl/α,β-unsaturated/α-hetero) is 1. The van der Waals surface area contributed by atoms with E-state index >= 15 is 0 Å². The van der Waals surface area contributed by atoms with Crippen LogP contribution in [0.25, 0.3) is 0 Å². The van der Waals surface area contributed by atoms with Crippen LogP contribution in [0.5, 0.6) is 0 Å². The zero-order valence-electron chi connectivity index (χ0n) is 22.6. The molecular formula is C25H41N5O7. The largest absolute Gasteiger partial charge is 0.359 e. The van der Waals surface area contributed by atoms with E-state index in [-0.39, 0.29) is 68.0 Å². The third-order valence-electron chi connectivity index (χ3n) is 5.20. The average molecular weight is 524 g/mol. The molecule has 0 aromatic rings. The van der Waals surface area contributed by atoms with Gasteiger partial charge in [-0.25, -0.2) is 0 Å². The summed E-state index contributed by atoms with van der Waals surface area (Å²) in [5.74, 6) is -0.813. The second-order valence-electron chi connectivity index (χ2n) is 9.20. The molecule has 2 aliphatic rings. The SMILES string of the molecule is C=C1C=CC(=O)N1CC(=O)NCOC(C)C.CC(=O)CC(=O)N1CCN(CC(=O)NCOC(C)C)CC1. The van der Waals surface area contributed by atoms with Crippen LogP contribution in [0.1, 0.15) is 41.0 Å². The van der Waals surface area contributed by atoms with Gasteiger partial charge in [-0.05, 0) is 40.7 Å². The van der Waals surface area contributed by atoms with Crippen molar-refractivity contribution in [1.29, 1.82) is 0 Å². The van der Waals surface area contributed by atoms with Gasteiger partial charge in [0.1, 0.15) is 25.8 Å². The molecule has 2 heterocycles. The molecule has 12 heteroatoms. The van der Waals surface area contributed by atoms with Gasteiger partial charge in [-0.1, -0.05) is 6.58 Å². The van der Waals surface area contributed by atoms with E-state index in [0.717, 1.165) is 0 Å². The highest BCUT2D eigenvalue weighted by atomic mass is 16.5. The van der Waals surface area contributed by atoms with Gasteiger partial charge in [-0.3, -0.25) is 28.9 Å². The summed E-state index contributed by atoms with van der Waals surface area (Å²) in [4.78, 5) is 62.0. The van der Waals surface area contributed by atoms with Crippen molar-refractivity contribution < 1.29 is 33.4 Å². The second kappa shape index (κ2) is 16.6. The van der Waals surface area contributed by atoms with Crippen LogP contribution < -0.4 is 10.6 Å². The van der Waals surface area contributed by atoms with E-state index in [1.165, 1.54) is 17.9 Å². The fourth-order valence-corrected chi connectivity index (χ4v) is 3.18. The number of nitrogens with one attached hydrogen (secondary N) is 2. The molecular weight excluding hydrogens is 482 g/mol. The average Bonchev–Trinajstić information content (AvgIpc) is 3.11. The van der Waals surface area contributed by atoms with Gasteiger partial charge >= 0.3 is 0 Å². The van der Waals surface area contributed by atoms with Crippen LogP contribution in [0.4, 0.5) is 0 Å². The summed E-state index contributed by atoms with van der Waals surface area (Å²) in [6, 6.07) is 0. The summed E-state index contributed by atoms with van der Waals surface area (Å²) in [6.45, 7) is 15.7. The Balaban J connectivity index is 0.000000384. The van der Waals surface area contributed by atoms with Gasteiger partial charge in [0, 0.05) is 38.0 Å². The highest BCUT2D eigenvalue weighted by molar-refractivity contribution is 5.97. The molecule has 0 atom stereocenters. The van der Waals surface area contributed by atoms with Gasteiger partial charge in [0.05, 0.1) is 25.2 Å². The van der Waals surface area contributed by atoms with E-state index < -0.39 is 0 Å². The highest BCUT2D eigenvalue weighted by Gasteiger charge is 2.23. The highest BCUT2D eigenvalue weighted by Crippen LogP contribution is 2.11. The number of rotatable bonds is 12. The van der Waals surface area contributed by atoms with Gasteiger partial charge < -0.3 is 29.9 Å². The summed E-state index contributed by atoms with van der Waals surface area (Å²) in [6.07, 6.45) is 3.08. The Bertz CT molecular complexity index is 830. The topological polar surface area (TPSA) is 138 Å². The number of hydrogen-bond donors (Lipinski definition) is 2. The lowest BCUT2D eigenvalue weighted by Gasteiger charge is -2.34. The third-order valence-corrected chi connectivity index (χ3v) is 5.20. The molecule has 2 aliphatic heterocycles. The van der Waals surface area contributed by atoms with Crippen LogP contribution >= 0.6 is 0 Å². The Morgan fingerprint density at radius 3 is 1.84 bits per heavy atom. The van der Waals surface area contributed by atoms with Gasteiger partial charge in [-0.2, -0.15) is 0 Å². The van der Waals surface area contributed by atoms with E-state index in [0.29, 0.717) is 38.4 Å². The third kappa shape index (κ3) is 13.7. The first-order valence-electron chi connectivity index (χ1n) is 12.3. The molecule has 0 spiro atoms. The van der Waals surface area contributed by atoms with Crippen LogP contribution in [0, 0.1) is 0 Å². The predicted octanol–water partition coefficient (Wildman–Crippen LogP) is 0.00560. The normalized spacial score (nSPS) is 15.6. The first kappa shape index (κ1) is 31.9. The van der Waals surface area contributed by atoms with Crippen LogP contribution in [0.2, 0.25) is 0 Å². The van der Waals surface area contributed by atoms with E-state index in [1.54, 1.807) is 11.0 Å². The second-order valence-corrected chi connectivity index (χ2v) is 9.20. The van der Waals surface area contributed by atoms with Gasteiger partial charge in [-0.15, -0.1) is 0 Å². The number of hydrogen-bond acceptors (Lipinski definition) is 8. The maximum absolute atomic E-state index is 11.7. The standard InChI is InChI=1S/C14H25N3O4.C11H16N2O3/c1-11(2)21-10-15-13(19)9-16-4-6-17(7-5-16)14(20)8-12(3)18;1-8(2)16-7-12-10(14)6-13-9(3)4-5-11(13)15/h11H,4-10H2,1-3H3,(H,15,19);4-5,8H,3,6-7H2,1-2H3,(H,12,14). The number of piperazine rings is 1. The molecule has 4 amide bonds. The molecule has 0 unspecified atom stereocenters. The molecule has 37 heavy (non-hydrogen) atoms. The van der Waals surface area contributed by atoms with Crippen molar-refractivity contribution in [2.75, 3.05) is 52.7 Å². The number of nitrogens with zero attached hydrogens (tertiary/aromatic N) is 3. The molecule has 0 saturated carbocycles. The smallest absolute Gasteiger partial charge is 0.251 e. The van der Waals surface area contributed by atoms with Crippen molar-refractivity contribution in [3.8, 4) is 0 Å². The molecule has 0 radical (unpaired) electrons. The molecule has 0 aromatic heterocycles. The monoisotopic (exact) mass is 523 g/mol. The van der Waals surface area contributed by atoms with Crippen molar-refractivity contribution in [3.63, 3.8) is 0 Å². The van der Waals surface area contributed by atoms with Crippen molar-refractivity contribution in [2.24, 2.45) is 0 Å². The van der Waals surface area contributed by atoms with Crippen LogP contribution in [0.15, 0.2) is 24.4 Å². The van der Waals surface area contributed by atoms with Gasteiger partial charge in [0.25, 0.3) is 5.91 Å². The molecule has 0 aliphatic carbocycles. The molecule has 0 bridgehead atoms. The molecule has 1 saturated heterocycles. The fraction of sp³-hybridized carbons (Fsp3) is 0.640. The zero-order valence-corrected chi connectivity index (χ0v) is 22.6.